The summed E-state index contributed by atoms with van der Waals surface area (Å²) in [4.78, 5) is 9.48. The van der Waals surface area contributed by atoms with E-state index >= 15 is 0 Å². The number of aldehydes is 1. The molecule has 0 saturated heterocycles. The van der Waals surface area contributed by atoms with Crippen molar-refractivity contribution in [2.75, 3.05) is 13.7 Å². The van der Waals surface area contributed by atoms with Crippen LogP contribution in [0.25, 0.3) is 0 Å². The molecule has 40 valence electrons. The third-order valence-electron chi connectivity index (χ3n) is 0.440. The van der Waals surface area contributed by atoms with E-state index < -0.39 is 0 Å². The molecule has 0 unspecified atom stereocenters. The van der Waals surface area contributed by atoms with Crippen LogP contribution < -0.4 is 0 Å². The molecule has 7 heavy (non-hydrogen) atoms. The van der Waals surface area contributed by atoms with Crippen LogP contribution in [0.4, 0.5) is 0 Å². The summed E-state index contributed by atoms with van der Waals surface area (Å²) in [7, 11) is 1.57. The fourth-order valence-corrected chi connectivity index (χ4v) is 0.166. The second kappa shape index (κ2) is 10.2. The van der Waals surface area contributed by atoms with Crippen molar-refractivity contribution in [1.82, 2.24) is 0 Å². The number of carbonyl (C=O) groups is 1. The molecular weight excluding hydrogens is 168 g/mol. The van der Waals surface area contributed by atoms with Crippen LogP contribution in [0.15, 0.2) is 0 Å². The van der Waals surface area contributed by atoms with Crippen molar-refractivity contribution in [2.24, 2.45) is 0 Å². The first-order chi connectivity index (χ1) is 2.91. The zero-order valence-corrected chi connectivity index (χ0v) is 3.81. The van der Waals surface area contributed by atoms with Gasteiger partial charge in [0, 0.05) is 13.5 Å². The summed E-state index contributed by atoms with van der Waals surface area (Å²) >= 11 is 0. The van der Waals surface area contributed by atoms with Crippen LogP contribution in [0, 0.1) is 0 Å². The van der Waals surface area contributed by atoms with E-state index in [9.17, 15) is 4.79 Å². The Bertz CT molecular complexity index is 38.7. The zero-order chi connectivity index (χ0) is 4.83. The maximum absolute atomic E-state index is 9.48. The summed E-state index contributed by atoms with van der Waals surface area (Å²) in [6.07, 6.45) is 1.35. The van der Waals surface area contributed by atoms with Crippen LogP contribution in [0.2, 0.25) is 0 Å². The Labute approximate surface area is 80.5 Å². The van der Waals surface area contributed by atoms with Crippen LogP contribution in [-0.4, -0.2) is 65.5 Å². The molecule has 0 N–H and O–H groups in total. The van der Waals surface area contributed by atoms with E-state index in [-0.39, 0.29) is 45.5 Å². The number of methoxy groups -OCH3 is 1. The first-order valence-electron chi connectivity index (χ1n) is 1.84. The average molecular weight is 178 g/mol. The zero-order valence-electron chi connectivity index (χ0n) is 3.81. The van der Waals surface area contributed by atoms with E-state index in [0.29, 0.717) is 13.0 Å². The van der Waals surface area contributed by atoms with Gasteiger partial charge in [-0.1, -0.05) is 0 Å². The van der Waals surface area contributed by atoms with Gasteiger partial charge in [-0.3, -0.25) is 0 Å². The monoisotopic (exact) mass is 178 g/mol. The second-order valence-corrected chi connectivity index (χ2v) is 0.948. The molecule has 0 spiro atoms. The van der Waals surface area contributed by atoms with Gasteiger partial charge < -0.3 is 9.53 Å². The van der Waals surface area contributed by atoms with Crippen LogP contribution in [0.1, 0.15) is 6.42 Å². The topological polar surface area (TPSA) is 26.3 Å². The van der Waals surface area contributed by atoms with Crippen molar-refractivity contribution in [2.45, 2.75) is 6.42 Å². The number of carbonyl (C=O) groups excluding carboxylic acids is 1. The summed E-state index contributed by atoms with van der Waals surface area (Å²) in [6, 6.07) is 0. The normalized spacial score (nSPS) is 7.00. The average Bonchev–Trinajstić information content (AvgIpc) is 1.61. The quantitative estimate of drug-likeness (QED) is 0.324. The molecule has 0 aliphatic rings. The van der Waals surface area contributed by atoms with E-state index in [1.807, 2.05) is 0 Å². The molecule has 0 radical (unpaired) electrons. The molecule has 0 atom stereocenters. The molecule has 0 aliphatic heterocycles. The van der Waals surface area contributed by atoms with Gasteiger partial charge in [-0.2, -0.15) is 0 Å². The summed E-state index contributed by atoms with van der Waals surface area (Å²) in [5, 5.41) is 0. The van der Waals surface area contributed by atoms with Gasteiger partial charge in [0.15, 0.2) is 0 Å². The van der Waals surface area contributed by atoms with Crippen molar-refractivity contribution in [3.63, 3.8) is 0 Å². The molecule has 0 rings (SSSR count). The van der Waals surface area contributed by atoms with Gasteiger partial charge in [0.05, 0.1) is 6.61 Å². The predicted molar refractivity (Wildman–Crippen MR) is 31.1 cm³/mol. The molecule has 0 heterocycles. The molecule has 0 bridgehead atoms. The van der Waals surface area contributed by atoms with Crippen molar-refractivity contribution in [1.29, 1.82) is 0 Å². The Morgan fingerprint density at radius 2 is 2.29 bits per heavy atom. The van der Waals surface area contributed by atoms with Crippen LogP contribution >= 0.6 is 0 Å². The minimum atomic E-state index is 0. The molecule has 0 aromatic rings. The van der Waals surface area contributed by atoms with Crippen molar-refractivity contribution in [3.05, 3.63) is 0 Å². The van der Waals surface area contributed by atoms with Crippen LogP contribution in [0.3, 0.4) is 0 Å². The third-order valence-corrected chi connectivity index (χ3v) is 0.440. The van der Waals surface area contributed by atoms with Gasteiger partial charge in [0.1, 0.15) is 6.29 Å². The summed E-state index contributed by atoms with van der Waals surface area (Å²) in [5.41, 5.74) is 0. The Morgan fingerprint density at radius 1 is 1.71 bits per heavy atom. The number of hydrogen-bond acceptors (Lipinski definition) is 2. The molecule has 0 aromatic carbocycles. The molecule has 0 aliphatic carbocycles. The Morgan fingerprint density at radius 3 is 2.43 bits per heavy atom. The van der Waals surface area contributed by atoms with Gasteiger partial charge in [-0.15, -0.1) is 0 Å². The van der Waals surface area contributed by atoms with Gasteiger partial charge in [0.25, 0.3) is 0 Å². The second-order valence-electron chi connectivity index (χ2n) is 0.948. The van der Waals surface area contributed by atoms with Crippen molar-refractivity contribution in [3.8, 4) is 0 Å². The molecule has 0 saturated carbocycles. The Kier molecular flexibility index (Phi) is 15.9. The van der Waals surface area contributed by atoms with E-state index in [1.165, 1.54) is 0 Å². The maximum atomic E-state index is 9.48. The van der Waals surface area contributed by atoms with E-state index in [4.69, 9.17) is 0 Å². The summed E-state index contributed by atoms with van der Waals surface area (Å²) in [6.45, 7) is 0.545. The fraction of sp³-hybridized carbons (Fsp3) is 0.750. The molecule has 2 nitrogen and oxygen atoms in total. The van der Waals surface area contributed by atoms with E-state index in [1.54, 1.807) is 7.11 Å². The van der Waals surface area contributed by atoms with Gasteiger partial charge >= 0.3 is 45.5 Å². The molecular formula is C4H10O2Sr. The van der Waals surface area contributed by atoms with E-state index in [0.717, 1.165) is 6.29 Å². The molecule has 3 heteroatoms. The minimum absolute atomic E-state index is 0. The summed E-state index contributed by atoms with van der Waals surface area (Å²) < 4.78 is 4.55. The summed E-state index contributed by atoms with van der Waals surface area (Å²) in [5.74, 6) is 0. The van der Waals surface area contributed by atoms with Gasteiger partial charge in [-0.05, 0) is 0 Å². The molecule has 0 fully saturated rings. The first kappa shape index (κ1) is 11.0. The molecule has 0 amide bonds. The van der Waals surface area contributed by atoms with Crippen LogP contribution in [-0.2, 0) is 9.53 Å². The van der Waals surface area contributed by atoms with Gasteiger partial charge in [-0.25, -0.2) is 0 Å². The fourth-order valence-electron chi connectivity index (χ4n) is 0.166. The SMILES string of the molecule is COCCC=O.[SrH2]. The molecule has 0 aromatic heterocycles. The van der Waals surface area contributed by atoms with Crippen molar-refractivity contribution >= 4 is 51.8 Å². The Hall–Kier alpha value is 1.11. The third kappa shape index (κ3) is 11.0. The number of hydrogen-bond donors (Lipinski definition) is 0. The Balaban J connectivity index is 0. The first-order valence-corrected chi connectivity index (χ1v) is 1.84. The standard InChI is InChI=1S/C4H8O2.Sr.2H/c1-6-4-2-3-5;;;/h3H,2,4H2,1H3;;;. The van der Waals surface area contributed by atoms with Gasteiger partial charge in [0.2, 0.25) is 0 Å². The number of rotatable bonds is 3. The van der Waals surface area contributed by atoms with Crippen molar-refractivity contribution < 1.29 is 9.53 Å². The van der Waals surface area contributed by atoms with Crippen LogP contribution in [0.5, 0.6) is 0 Å². The predicted octanol–water partition coefficient (Wildman–Crippen LogP) is -0.694. The number of ether oxygens (including phenoxy) is 1. The van der Waals surface area contributed by atoms with E-state index in [2.05, 4.69) is 4.74 Å².